The second-order valence-corrected chi connectivity index (χ2v) is 5.14. The first-order valence-corrected chi connectivity index (χ1v) is 7.17. The second-order valence-electron chi connectivity index (χ2n) is 5.14. The summed E-state index contributed by atoms with van der Waals surface area (Å²) in [7, 11) is 0. The lowest BCUT2D eigenvalue weighted by Gasteiger charge is -2.09. The van der Waals surface area contributed by atoms with Crippen molar-refractivity contribution in [1.82, 2.24) is 20.4 Å². The van der Waals surface area contributed by atoms with E-state index < -0.39 is 40.8 Å². The van der Waals surface area contributed by atoms with Gasteiger partial charge in [0.2, 0.25) is 40.7 Å². The van der Waals surface area contributed by atoms with Crippen LogP contribution >= 0.6 is 0 Å². The van der Waals surface area contributed by atoms with E-state index in [0.717, 1.165) is 0 Å². The van der Waals surface area contributed by atoms with E-state index in [1.165, 1.54) is 24.3 Å². The lowest BCUT2D eigenvalue weighted by Crippen LogP contribution is -2.13. The van der Waals surface area contributed by atoms with Crippen LogP contribution in [0.2, 0.25) is 0 Å². The van der Waals surface area contributed by atoms with Crippen LogP contribution < -0.4 is 4.74 Å². The van der Waals surface area contributed by atoms with Crippen molar-refractivity contribution in [2.75, 3.05) is 0 Å². The average molecular weight is 382 g/mol. The molecule has 11 heteroatoms. The third-order valence-electron chi connectivity index (χ3n) is 3.32. The van der Waals surface area contributed by atoms with E-state index in [0.29, 0.717) is 11.4 Å². The van der Waals surface area contributed by atoms with Gasteiger partial charge in [-0.15, -0.1) is 20.4 Å². The summed E-state index contributed by atoms with van der Waals surface area (Å²) in [4.78, 5) is 12.0. The summed E-state index contributed by atoms with van der Waals surface area (Å²) in [6.07, 6.45) is 0. The van der Waals surface area contributed by atoms with Gasteiger partial charge in [-0.05, 0) is 19.1 Å². The Morgan fingerprint density at radius 2 is 1.26 bits per heavy atom. The van der Waals surface area contributed by atoms with Gasteiger partial charge in [0.05, 0.1) is 5.56 Å². The first-order chi connectivity index (χ1) is 12.8. The van der Waals surface area contributed by atoms with Crippen LogP contribution in [0.5, 0.6) is 5.75 Å². The number of ether oxygens (including phenoxy) is 1. The fraction of sp³-hybridized carbons (Fsp3) is 0.0625. The van der Waals surface area contributed by atoms with Crippen molar-refractivity contribution in [3.63, 3.8) is 0 Å². The van der Waals surface area contributed by atoms with Gasteiger partial charge in [0.15, 0.2) is 5.82 Å². The fourth-order valence-corrected chi connectivity index (χ4v) is 1.98. The maximum atomic E-state index is 13.6. The summed E-state index contributed by atoms with van der Waals surface area (Å²) >= 11 is 0. The number of halogens is 5. The van der Waals surface area contributed by atoms with Crippen molar-refractivity contribution in [3.05, 3.63) is 64.7 Å². The predicted octanol–water partition coefficient (Wildman–Crippen LogP) is 3.16. The Morgan fingerprint density at radius 3 is 1.78 bits per heavy atom. The average Bonchev–Trinajstić information content (AvgIpc) is 2.69. The van der Waals surface area contributed by atoms with Crippen LogP contribution in [0.4, 0.5) is 22.0 Å². The topological polar surface area (TPSA) is 77.9 Å². The minimum absolute atomic E-state index is 0.153. The van der Waals surface area contributed by atoms with Crippen molar-refractivity contribution >= 4 is 5.97 Å². The largest absolute Gasteiger partial charge is 0.416 e. The number of carbonyl (C=O) groups is 1. The molecule has 0 N–H and O–H groups in total. The number of aryl methyl sites for hydroxylation is 1. The Bertz CT molecular complexity index is 997. The molecule has 0 saturated heterocycles. The molecule has 0 amide bonds. The molecular formula is C16H7F5N4O2. The highest BCUT2D eigenvalue weighted by Gasteiger charge is 2.28. The van der Waals surface area contributed by atoms with Crippen LogP contribution in [-0.4, -0.2) is 26.4 Å². The zero-order valence-electron chi connectivity index (χ0n) is 13.3. The molecule has 0 aliphatic rings. The fourth-order valence-electron chi connectivity index (χ4n) is 1.98. The van der Waals surface area contributed by atoms with E-state index in [-0.39, 0.29) is 11.4 Å². The number of rotatable bonds is 3. The van der Waals surface area contributed by atoms with E-state index in [1.807, 2.05) is 0 Å². The molecule has 0 spiro atoms. The molecule has 0 radical (unpaired) electrons. The van der Waals surface area contributed by atoms with Gasteiger partial charge in [-0.2, -0.15) is 8.78 Å². The minimum atomic E-state index is -2.35. The van der Waals surface area contributed by atoms with Gasteiger partial charge in [-0.1, -0.05) is 12.1 Å². The smallest absolute Gasteiger partial charge is 0.343 e. The van der Waals surface area contributed by atoms with Crippen molar-refractivity contribution in [1.29, 1.82) is 0 Å². The zero-order valence-corrected chi connectivity index (χ0v) is 13.3. The Balaban J connectivity index is 1.86. The molecule has 1 aromatic heterocycles. The van der Waals surface area contributed by atoms with Crippen LogP contribution in [0.15, 0.2) is 24.3 Å². The summed E-state index contributed by atoms with van der Waals surface area (Å²) in [6, 6.07) is 5.10. The quantitative estimate of drug-likeness (QED) is 0.228. The molecule has 0 saturated carbocycles. The van der Waals surface area contributed by atoms with E-state index in [1.54, 1.807) is 6.92 Å². The first kappa shape index (κ1) is 18.3. The second kappa shape index (κ2) is 7.02. The number of hydrogen-bond donors (Lipinski definition) is 0. The van der Waals surface area contributed by atoms with E-state index in [4.69, 9.17) is 0 Å². The Morgan fingerprint density at radius 1 is 0.778 bits per heavy atom. The zero-order chi connectivity index (χ0) is 19.7. The molecule has 0 atom stereocenters. The van der Waals surface area contributed by atoms with E-state index in [2.05, 4.69) is 25.1 Å². The van der Waals surface area contributed by atoms with Crippen molar-refractivity contribution in [3.8, 4) is 17.1 Å². The molecule has 0 bridgehead atoms. The summed E-state index contributed by atoms with van der Waals surface area (Å²) in [5, 5.41) is 15.0. The molecule has 3 aromatic rings. The summed E-state index contributed by atoms with van der Waals surface area (Å²) in [5.41, 5.74) is 0.207. The number of carbonyl (C=O) groups excluding carboxylic acids is 1. The molecule has 27 heavy (non-hydrogen) atoms. The molecule has 0 unspecified atom stereocenters. The van der Waals surface area contributed by atoms with Gasteiger partial charge in [0.25, 0.3) is 0 Å². The van der Waals surface area contributed by atoms with Gasteiger partial charge in [-0.3, -0.25) is 0 Å². The van der Waals surface area contributed by atoms with Crippen LogP contribution in [0.25, 0.3) is 11.4 Å². The molecule has 6 nitrogen and oxygen atoms in total. The highest BCUT2D eigenvalue weighted by atomic mass is 19.2. The summed E-state index contributed by atoms with van der Waals surface area (Å²) in [5.74, 6) is -13.8. The molecule has 138 valence electrons. The van der Waals surface area contributed by atoms with Gasteiger partial charge >= 0.3 is 5.97 Å². The number of hydrogen-bond acceptors (Lipinski definition) is 6. The normalized spacial score (nSPS) is 10.7. The minimum Gasteiger partial charge on any atom is -0.416 e. The Labute approximate surface area is 147 Å². The number of benzene rings is 2. The number of nitrogens with zero attached hydrogens (tertiary/aromatic N) is 4. The maximum absolute atomic E-state index is 13.6. The van der Waals surface area contributed by atoms with Crippen molar-refractivity contribution in [2.24, 2.45) is 0 Å². The number of esters is 1. The maximum Gasteiger partial charge on any atom is 0.343 e. The molecule has 0 fully saturated rings. The van der Waals surface area contributed by atoms with Crippen molar-refractivity contribution < 1.29 is 31.5 Å². The van der Waals surface area contributed by atoms with Crippen LogP contribution in [-0.2, 0) is 0 Å². The lowest BCUT2D eigenvalue weighted by molar-refractivity contribution is 0.0716. The van der Waals surface area contributed by atoms with Gasteiger partial charge in [-0.25, -0.2) is 18.0 Å². The molecule has 0 aliphatic heterocycles. The lowest BCUT2D eigenvalue weighted by atomic mass is 10.1. The molecule has 2 aromatic carbocycles. The SMILES string of the molecule is Cc1nnc(-c2ccc(C(=O)Oc3c(F)c(F)c(F)c(F)c3F)cc2)nn1. The van der Waals surface area contributed by atoms with Gasteiger partial charge in [0, 0.05) is 5.56 Å². The third-order valence-corrected chi connectivity index (χ3v) is 3.32. The summed E-state index contributed by atoms with van der Waals surface area (Å²) < 4.78 is 70.8. The monoisotopic (exact) mass is 382 g/mol. The Hall–Kier alpha value is -3.50. The highest BCUT2D eigenvalue weighted by molar-refractivity contribution is 5.91. The predicted molar refractivity (Wildman–Crippen MR) is 79.0 cm³/mol. The van der Waals surface area contributed by atoms with Crippen molar-refractivity contribution in [2.45, 2.75) is 6.92 Å². The standard InChI is InChI=1S/C16H7F5N4O2/c1-6-22-24-15(25-23-6)7-2-4-8(5-3-7)16(26)27-14-12(20)10(18)9(17)11(19)13(14)21/h2-5H,1H3. The molecule has 0 aliphatic carbocycles. The number of aromatic nitrogens is 4. The Kier molecular flexibility index (Phi) is 4.75. The molecule has 1 heterocycles. The van der Waals surface area contributed by atoms with Crippen LogP contribution in [0.3, 0.4) is 0 Å². The molecule has 3 rings (SSSR count). The summed E-state index contributed by atoms with van der Waals surface area (Å²) in [6.45, 7) is 1.59. The van der Waals surface area contributed by atoms with E-state index >= 15 is 0 Å². The highest BCUT2D eigenvalue weighted by Crippen LogP contribution is 2.29. The first-order valence-electron chi connectivity index (χ1n) is 7.17. The van der Waals surface area contributed by atoms with Gasteiger partial charge < -0.3 is 4.74 Å². The van der Waals surface area contributed by atoms with E-state index in [9.17, 15) is 26.7 Å². The van der Waals surface area contributed by atoms with Crippen LogP contribution in [0.1, 0.15) is 16.2 Å². The van der Waals surface area contributed by atoms with Crippen LogP contribution in [0, 0.1) is 36.0 Å². The molecular weight excluding hydrogens is 375 g/mol. The third kappa shape index (κ3) is 3.43. The van der Waals surface area contributed by atoms with Gasteiger partial charge in [0.1, 0.15) is 0 Å².